The maximum absolute atomic E-state index is 11.8. The van der Waals surface area contributed by atoms with Gasteiger partial charge in [-0.25, -0.2) is 4.79 Å². The summed E-state index contributed by atoms with van der Waals surface area (Å²) in [6, 6.07) is 7.36. The fourth-order valence-corrected chi connectivity index (χ4v) is 2.12. The van der Waals surface area contributed by atoms with Crippen LogP contribution < -0.4 is 21.7 Å². The summed E-state index contributed by atoms with van der Waals surface area (Å²) in [5.74, 6) is -0.106. The third-order valence-electron chi connectivity index (χ3n) is 3.33. The summed E-state index contributed by atoms with van der Waals surface area (Å²) in [5, 5.41) is 8.32. The Balaban J connectivity index is 1.83. The van der Waals surface area contributed by atoms with E-state index < -0.39 is 0 Å². The number of amides is 3. The van der Waals surface area contributed by atoms with Gasteiger partial charge in [-0.1, -0.05) is 12.1 Å². The molecule has 1 aliphatic carbocycles. The van der Waals surface area contributed by atoms with Gasteiger partial charge in [0, 0.05) is 25.7 Å². The summed E-state index contributed by atoms with van der Waals surface area (Å²) in [7, 11) is 0. The molecule has 6 heteroatoms. The number of hydrogen-bond acceptors (Lipinski definition) is 3. The number of rotatable bonds is 5. The van der Waals surface area contributed by atoms with E-state index >= 15 is 0 Å². The number of nitrogen functional groups attached to an aromatic ring is 1. The molecule has 6 nitrogen and oxygen atoms in total. The van der Waals surface area contributed by atoms with Gasteiger partial charge in [-0.3, -0.25) is 4.79 Å². The van der Waals surface area contributed by atoms with Gasteiger partial charge in [0.15, 0.2) is 0 Å². The molecule has 1 fully saturated rings. The second-order valence-corrected chi connectivity index (χ2v) is 5.07. The molecule has 0 aliphatic heterocycles. The molecular formula is C14H20N4O2. The minimum Gasteiger partial charge on any atom is -0.399 e. The molecule has 5 N–H and O–H groups in total. The van der Waals surface area contributed by atoms with E-state index in [-0.39, 0.29) is 17.5 Å². The van der Waals surface area contributed by atoms with Crippen LogP contribution in [0.1, 0.15) is 25.3 Å². The average Bonchev–Trinajstić information content (AvgIpc) is 3.15. The van der Waals surface area contributed by atoms with Crippen LogP contribution in [0.5, 0.6) is 0 Å². The Morgan fingerprint density at radius 2 is 1.95 bits per heavy atom. The van der Waals surface area contributed by atoms with Crippen molar-refractivity contribution in [3.8, 4) is 0 Å². The second-order valence-electron chi connectivity index (χ2n) is 5.07. The molecule has 0 saturated heterocycles. The van der Waals surface area contributed by atoms with Gasteiger partial charge < -0.3 is 21.7 Å². The fourth-order valence-electron chi connectivity index (χ4n) is 2.12. The van der Waals surface area contributed by atoms with Crippen molar-refractivity contribution >= 4 is 17.6 Å². The normalized spacial score (nSPS) is 15.2. The number of anilines is 1. The molecule has 1 aromatic rings. The Hall–Kier alpha value is -2.24. The van der Waals surface area contributed by atoms with E-state index in [0.29, 0.717) is 18.8 Å². The number of benzene rings is 1. The predicted molar refractivity (Wildman–Crippen MR) is 77.0 cm³/mol. The zero-order valence-electron chi connectivity index (χ0n) is 11.5. The van der Waals surface area contributed by atoms with Gasteiger partial charge in [0.05, 0.1) is 5.54 Å². The Kier molecular flexibility index (Phi) is 4.12. The largest absolute Gasteiger partial charge is 0.399 e. The van der Waals surface area contributed by atoms with Crippen LogP contribution in [-0.4, -0.2) is 25.0 Å². The van der Waals surface area contributed by atoms with Crippen molar-refractivity contribution in [2.24, 2.45) is 0 Å². The molecule has 0 aromatic heterocycles. The smallest absolute Gasteiger partial charge is 0.315 e. The third kappa shape index (κ3) is 3.63. The van der Waals surface area contributed by atoms with Gasteiger partial charge in [0.1, 0.15) is 0 Å². The van der Waals surface area contributed by atoms with E-state index in [1.54, 1.807) is 0 Å². The predicted octanol–water partition coefficient (Wildman–Crippen LogP) is 0.693. The van der Waals surface area contributed by atoms with E-state index in [0.717, 1.165) is 18.4 Å². The Morgan fingerprint density at radius 3 is 2.55 bits per heavy atom. The molecule has 0 bridgehead atoms. The van der Waals surface area contributed by atoms with Crippen LogP contribution >= 0.6 is 0 Å². The molecule has 108 valence electrons. The second kappa shape index (κ2) is 5.81. The lowest BCUT2D eigenvalue weighted by atomic mass is 10.0. The van der Waals surface area contributed by atoms with Crippen molar-refractivity contribution in [1.82, 2.24) is 16.0 Å². The molecule has 0 spiro atoms. The van der Waals surface area contributed by atoms with Crippen molar-refractivity contribution in [3.05, 3.63) is 29.8 Å². The van der Waals surface area contributed by atoms with Crippen LogP contribution in [0.25, 0.3) is 0 Å². The highest BCUT2D eigenvalue weighted by Gasteiger charge is 2.45. The number of nitrogens with two attached hydrogens (primary N) is 1. The van der Waals surface area contributed by atoms with Crippen LogP contribution in [0.15, 0.2) is 24.3 Å². The molecule has 2 rings (SSSR count). The fraction of sp³-hybridized carbons (Fsp3) is 0.429. The monoisotopic (exact) mass is 276 g/mol. The van der Waals surface area contributed by atoms with Gasteiger partial charge in [-0.15, -0.1) is 0 Å². The van der Waals surface area contributed by atoms with E-state index in [1.807, 2.05) is 24.3 Å². The number of hydrogen-bond donors (Lipinski definition) is 4. The summed E-state index contributed by atoms with van der Waals surface area (Å²) in [4.78, 5) is 22.5. The van der Waals surface area contributed by atoms with Gasteiger partial charge in [0.25, 0.3) is 0 Å². The lowest BCUT2D eigenvalue weighted by Crippen LogP contribution is -2.44. The lowest BCUT2D eigenvalue weighted by Gasteiger charge is -2.19. The van der Waals surface area contributed by atoms with Gasteiger partial charge in [-0.2, -0.15) is 0 Å². The van der Waals surface area contributed by atoms with Crippen molar-refractivity contribution in [1.29, 1.82) is 0 Å². The summed E-state index contributed by atoms with van der Waals surface area (Å²) in [5.41, 5.74) is 7.22. The number of carbonyl (C=O) groups excluding carboxylic acids is 2. The first-order valence-electron chi connectivity index (χ1n) is 6.68. The minimum absolute atomic E-state index is 0.106. The molecule has 20 heavy (non-hydrogen) atoms. The summed E-state index contributed by atoms with van der Waals surface area (Å²) in [6.45, 7) is 2.27. The van der Waals surface area contributed by atoms with Crippen LogP contribution in [-0.2, 0) is 10.3 Å². The first-order valence-corrected chi connectivity index (χ1v) is 6.68. The van der Waals surface area contributed by atoms with E-state index in [9.17, 15) is 9.59 Å². The Labute approximate surface area is 118 Å². The Morgan fingerprint density at radius 1 is 1.25 bits per heavy atom. The van der Waals surface area contributed by atoms with Crippen LogP contribution in [0.2, 0.25) is 0 Å². The minimum atomic E-state index is -0.284. The molecule has 3 amide bonds. The molecule has 1 saturated carbocycles. The zero-order valence-corrected chi connectivity index (χ0v) is 11.5. The Bertz CT molecular complexity index is 512. The molecular weight excluding hydrogens is 256 g/mol. The highest BCUT2D eigenvalue weighted by atomic mass is 16.2. The SMILES string of the molecule is CC(=O)NCCNC(=O)NC1(c2cccc(N)c2)CC1. The quantitative estimate of drug-likeness (QED) is 0.470. The van der Waals surface area contributed by atoms with E-state index in [2.05, 4.69) is 16.0 Å². The third-order valence-corrected chi connectivity index (χ3v) is 3.33. The van der Waals surface area contributed by atoms with Gasteiger partial charge in [0.2, 0.25) is 5.91 Å². The maximum atomic E-state index is 11.8. The highest BCUT2D eigenvalue weighted by Crippen LogP contribution is 2.45. The average molecular weight is 276 g/mol. The molecule has 0 unspecified atom stereocenters. The van der Waals surface area contributed by atoms with E-state index in [4.69, 9.17) is 5.73 Å². The summed E-state index contributed by atoms with van der Waals surface area (Å²) < 4.78 is 0. The van der Waals surface area contributed by atoms with Crippen LogP contribution in [0, 0.1) is 0 Å². The van der Waals surface area contributed by atoms with Gasteiger partial charge >= 0.3 is 6.03 Å². The topological polar surface area (TPSA) is 96.2 Å². The van der Waals surface area contributed by atoms with Crippen molar-refractivity contribution in [3.63, 3.8) is 0 Å². The molecule has 0 radical (unpaired) electrons. The number of nitrogens with one attached hydrogen (secondary N) is 3. The van der Waals surface area contributed by atoms with Crippen LogP contribution in [0.3, 0.4) is 0 Å². The van der Waals surface area contributed by atoms with Crippen LogP contribution in [0.4, 0.5) is 10.5 Å². The highest BCUT2D eigenvalue weighted by molar-refractivity contribution is 5.76. The maximum Gasteiger partial charge on any atom is 0.315 e. The van der Waals surface area contributed by atoms with E-state index in [1.165, 1.54) is 6.92 Å². The van der Waals surface area contributed by atoms with Gasteiger partial charge in [-0.05, 0) is 30.5 Å². The zero-order chi connectivity index (χ0) is 14.6. The molecule has 0 atom stereocenters. The first kappa shape index (κ1) is 14.2. The first-order chi connectivity index (χ1) is 9.52. The number of urea groups is 1. The molecule has 1 aliphatic rings. The lowest BCUT2D eigenvalue weighted by molar-refractivity contribution is -0.118. The van der Waals surface area contributed by atoms with Crippen molar-refractivity contribution in [2.75, 3.05) is 18.8 Å². The standard InChI is InChI=1S/C14H20N4O2/c1-10(19)16-7-8-17-13(20)18-14(5-6-14)11-3-2-4-12(15)9-11/h2-4,9H,5-8,15H2,1H3,(H,16,19)(H2,17,18,20). The summed E-state index contributed by atoms with van der Waals surface area (Å²) >= 11 is 0. The van der Waals surface area contributed by atoms with Crippen molar-refractivity contribution in [2.45, 2.75) is 25.3 Å². The summed E-state index contributed by atoms with van der Waals surface area (Å²) in [6.07, 6.45) is 1.82. The molecule has 0 heterocycles. The number of carbonyl (C=O) groups is 2. The molecule has 1 aromatic carbocycles. The van der Waals surface area contributed by atoms with Crippen molar-refractivity contribution < 1.29 is 9.59 Å².